The summed E-state index contributed by atoms with van der Waals surface area (Å²) in [6, 6.07) is 0. The molecule has 4 nitrogen and oxygen atoms in total. The van der Waals surface area contributed by atoms with E-state index in [1.807, 2.05) is 0 Å². The third-order valence-electron chi connectivity index (χ3n) is 5.81. The van der Waals surface area contributed by atoms with E-state index in [1.165, 1.54) is 51.4 Å². The molecule has 0 saturated heterocycles. The van der Waals surface area contributed by atoms with Crippen molar-refractivity contribution in [3.63, 3.8) is 0 Å². The van der Waals surface area contributed by atoms with E-state index in [0.29, 0.717) is 25.0 Å². The molecule has 0 bridgehead atoms. The molecule has 0 aliphatic rings. The molecule has 0 saturated carbocycles. The average Bonchev–Trinajstić information content (AvgIpc) is 2.71. The highest BCUT2D eigenvalue weighted by Crippen LogP contribution is 2.45. The Hall–Kier alpha value is 0.110. The fourth-order valence-corrected chi connectivity index (χ4v) is 4.64. The van der Waals surface area contributed by atoms with Crippen LogP contribution in [0.1, 0.15) is 130 Å². The maximum absolute atomic E-state index is 12.4. The van der Waals surface area contributed by atoms with E-state index in [-0.39, 0.29) is 0 Å². The molecule has 0 amide bonds. The number of hydrogen-bond acceptors (Lipinski definition) is 3. The van der Waals surface area contributed by atoms with Gasteiger partial charge in [-0.3, -0.25) is 9.05 Å². The minimum atomic E-state index is -3.95. The van der Waals surface area contributed by atoms with Gasteiger partial charge in [0.1, 0.15) is 0 Å². The zero-order valence-corrected chi connectivity index (χ0v) is 20.9. The van der Waals surface area contributed by atoms with Crippen LogP contribution in [0.2, 0.25) is 0 Å². The normalized spacial score (nSPS) is 15.9. The van der Waals surface area contributed by atoms with Crippen LogP contribution in [-0.4, -0.2) is 18.1 Å². The van der Waals surface area contributed by atoms with Gasteiger partial charge in [0.15, 0.2) is 0 Å². The lowest BCUT2D eigenvalue weighted by Crippen LogP contribution is -2.13. The molecule has 0 aliphatic heterocycles. The first-order valence-corrected chi connectivity index (χ1v) is 14.1. The Kier molecular flexibility index (Phi) is 20.1. The van der Waals surface area contributed by atoms with Gasteiger partial charge in [-0.15, -0.1) is 0 Å². The molecular formula is C24H51O4P. The zero-order chi connectivity index (χ0) is 21.8. The van der Waals surface area contributed by atoms with Crippen LogP contribution in [0.5, 0.6) is 0 Å². The van der Waals surface area contributed by atoms with Gasteiger partial charge in [-0.1, -0.05) is 105 Å². The van der Waals surface area contributed by atoms with E-state index in [4.69, 9.17) is 9.05 Å². The fraction of sp³-hybridized carbons (Fsp3) is 1.00. The summed E-state index contributed by atoms with van der Waals surface area (Å²) in [6.07, 6.45) is 18.7. The van der Waals surface area contributed by atoms with E-state index < -0.39 is 7.82 Å². The highest BCUT2D eigenvalue weighted by molar-refractivity contribution is 7.47. The van der Waals surface area contributed by atoms with Crippen LogP contribution in [-0.2, 0) is 13.6 Å². The molecule has 0 heterocycles. The Morgan fingerprint density at radius 2 is 0.931 bits per heavy atom. The molecule has 176 valence electrons. The van der Waals surface area contributed by atoms with E-state index >= 15 is 0 Å². The van der Waals surface area contributed by atoms with Gasteiger partial charge in [-0.05, 0) is 37.5 Å². The minimum absolute atomic E-state index is 0.343. The molecule has 0 aromatic rings. The van der Waals surface area contributed by atoms with Gasteiger partial charge < -0.3 is 4.89 Å². The monoisotopic (exact) mass is 434 g/mol. The van der Waals surface area contributed by atoms with Crippen molar-refractivity contribution in [2.75, 3.05) is 13.2 Å². The maximum Gasteiger partial charge on any atom is 0.472 e. The molecule has 0 aromatic heterocycles. The van der Waals surface area contributed by atoms with Crippen molar-refractivity contribution in [3.8, 4) is 0 Å². The molecule has 5 heteroatoms. The predicted molar refractivity (Wildman–Crippen MR) is 125 cm³/mol. The summed E-state index contributed by atoms with van der Waals surface area (Å²) < 4.78 is 23.3. The lowest BCUT2D eigenvalue weighted by molar-refractivity contribution is 0.107. The third-order valence-corrected chi connectivity index (χ3v) is 6.76. The van der Waals surface area contributed by atoms with Gasteiger partial charge in [0.2, 0.25) is 0 Å². The van der Waals surface area contributed by atoms with Crippen LogP contribution in [0.3, 0.4) is 0 Å². The van der Waals surface area contributed by atoms with Gasteiger partial charge in [-0.2, -0.15) is 0 Å². The van der Waals surface area contributed by atoms with Gasteiger partial charge in [-0.25, -0.2) is 4.57 Å². The summed E-state index contributed by atoms with van der Waals surface area (Å²) in [5.41, 5.74) is 0. The van der Waals surface area contributed by atoms with Crippen molar-refractivity contribution in [1.29, 1.82) is 0 Å². The molecule has 0 rings (SSSR count). The lowest BCUT2D eigenvalue weighted by Gasteiger charge is -2.21. The van der Waals surface area contributed by atoms with Crippen LogP contribution >= 0.6 is 7.82 Å². The van der Waals surface area contributed by atoms with Crippen molar-refractivity contribution in [2.24, 2.45) is 11.8 Å². The van der Waals surface area contributed by atoms with Crippen molar-refractivity contribution in [1.82, 2.24) is 0 Å². The smallest absolute Gasteiger partial charge is 0.302 e. The summed E-state index contributed by atoms with van der Waals surface area (Å²) in [5, 5.41) is 0. The number of rotatable bonds is 22. The molecule has 0 aliphatic carbocycles. The van der Waals surface area contributed by atoms with Crippen LogP contribution in [0.25, 0.3) is 0 Å². The Morgan fingerprint density at radius 1 is 0.586 bits per heavy atom. The fourth-order valence-electron chi connectivity index (χ4n) is 3.76. The topological polar surface area (TPSA) is 55.8 Å². The number of phosphoric acid groups is 1. The molecule has 29 heavy (non-hydrogen) atoms. The summed E-state index contributed by atoms with van der Waals surface area (Å²) in [4.78, 5) is 10.2. The number of unbranched alkanes of at least 4 members (excludes halogenated alkanes) is 8. The molecular weight excluding hydrogens is 383 g/mol. The van der Waals surface area contributed by atoms with Crippen LogP contribution < -0.4 is 0 Å². The molecule has 1 N–H and O–H groups in total. The minimum Gasteiger partial charge on any atom is -0.302 e. The lowest BCUT2D eigenvalue weighted by atomic mass is 9.96. The van der Waals surface area contributed by atoms with Gasteiger partial charge in [0.05, 0.1) is 13.2 Å². The molecule has 2 atom stereocenters. The second-order valence-corrected chi connectivity index (χ2v) is 10.2. The van der Waals surface area contributed by atoms with Gasteiger partial charge in [0, 0.05) is 0 Å². The first-order chi connectivity index (χ1) is 14.0. The van der Waals surface area contributed by atoms with Gasteiger partial charge >= 0.3 is 7.82 Å². The van der Waals surface area contributed by atoms with Crippen molar-refractivity contribution in [2.45, 2.75) is 130 Å². The second kappa shape index (κ2) is 20.0. The molecule has 2 unspecified atom stereocenters. The highest BCUT2D eigenvalue weighted by Gasteiger charge is 2.25. The van der Waals surface area contributed by atoms with Crippen LogP contribution in [0, 0.1) is 11.8 Å². The first kappa shape index (κ1) is 29.1. The zero-order valence-electron chi connectivity index (χ0n) is 20.0. The molecule has 0 fully saturated rings. The van der Waals surface area contributed by atoms with Crippen molar-refractivity contribution in [3.05, 3.63) is 0 Å². The molecule has 0 spiro atoms. The summed E-state index contributed by atoms with van der Waals surface area (Å²) in [7, 11) is -3.95. The summed E-state index contributed by atoms with van der Waals surface area (Å²) in [6.45, 7) is 9.49. The summed E-state index contributed by atoms with van der Waals surface area (Å²) in [5.74, 6) is 0.724. The van der Waals surface area contributed by atoms with E-state index in [2.05, 4.69) is 27.7 Å². The van der Waals surface area contributed by atoms with Crippen LogP contribution in [0.15, 0.2) is 0 Å². The Morgan fingerprint density at radius 3 is 1.28 bits per heavy atom. The predicted octanol–water partition coefficient (Wildman–Crippen LogP) is 8.67. The first-order valence-electron chi connectivity index (χ1n) is 12.6. The Bertz CT molecular complexity index is 357. The van der Waals surface area contributed by atoms with Crippen molar-refractivity contribution >= 4 is 7.82 Å². The Labute approximate surface area is 182 Å². The standard InChI is InChI=1S/C24H51O4P/c1-5-9-13-15-19-23(17-11-7-3)21-27-29(25,26)28-22-24(18-12-8-4)20-16-14-10-6-2/h23-24H,5-22H2,1-4H3,(H,25,26). The van der Waals surface area contributed by atoms with E-state index in [9.17, 15) is 9.46 Å². The highest BCUT2D eigenvalue weighted by atomic mass is 31.2. The van der Waals surface area contributed by atoms with Crippen molar-refractivity contribution < 1.29 is 18.5 Å². The SMILES string of the molecule is CCCCCCC(CCCC)COP(=O)(O)OCC(CCCC)CCCCCC. The third kappa shape index (κ3) is 18.6. The summed E-state index contributed by atoms with van der Waals surface area (Å²) >= 11 is 0. The molecule has 0 aromatic carbocycles. The Balaban J connectivity index is 4.39. The van der Waals surface area contributed by atoms with Gasteiger partial charge in [0.25, 0.3) is 0 Å². The van der Waals surface area contributed by atoms with E-state index in [0.717, 1.165) is 51.4 Å². The quantitative estimate of drug-likeness (QED) is 0.137. The number of hydrogen-bond donors (Lipinski definition) is 1. The molecule has 0 radical (unpaired) electrons. The number of phosphoric ester groups is 1. The van der Waals surface area contributed by atoms with E-state index in [1.54, 1.807) is 0 Å². The maximum atomic E-state index is 12.4. The average molecular weight is 435 g/mol. The van der Waals surface area contributed by atoms with Crippen LogP contribution in [0.4, 0.5) is 0 Å². The second-order valence-electron chi connectivity index (χ2n) is 8.78. The largest absolute Gasteiger partial charge is 0.472 e.